The maximum absolute atomic E-state index is 5.69. The lowest BCUT2D eigenvalue weighted by molar-refractivity contribution is 0.0576. The molecule has 68 valence electrons. The van der Waals surface area contributed by atoms with Crippen LogP contribution in [-0.4, -0.2) is 24.5 Å². The molecule has 0 fully saturated rings. The van der Waals surface area contributed by atoms with Gasteiger partial charge in [0.2, 0.25) is 0 Å². The Labute approximate surface area is 74.9 Å². The number of nitrogens with two attached hydrogens (primary N) is 1. The van der Waals surface area contributed by atoms with Gasteiger partial charge in [-0.2, -0.15) is 12.6 Å². The fraction of sp³-hybridized carbons (Fsp3) is 1.00. The minimum Gasteiger partial charge on any atom is -0.378 e. The van der Waals surface area contributed by atoms with E-state index in [2.05, 4.69) is 26.5 Å². The Hall–Kier alpha value is 0.270. The van der Waals surface area contributed by atoms with Gasteiger partial charge in [-0.15, -0.1) is 0 Å². The van der Waals surface area contributed by atoms with Crippen LogP contribution >= 0.6 is 12.6 Å². The lowest BCUT2D eigenvalue weighted by atomic mass is 10.2. The van der Waals surface area contributed by atoms with Crippen LogP contribution in [0.2, 0.25) is 0 Å². The SMILES string of the molecule is CCCO[C@@H](C)C[C@@H](N)CS. The Morgan fingerprint density at radius 2 is 2.18 bits per heavy atom. The van der Waals surface area contributed by atoms with Crippen LogP contribution in [0.4, 0.5) is 0 Å². The zero-order valence-corrected chi connectivity index (χ0v) is 8.31. The van der Waals surface area contributed by atoms with Crippen LogP contribution in [0.5, 0.6) is 0 Å². The molecule has 3 heteroatoms. The van der Waals surface area contributed by atoms with Crippen LogP contribution < -0.4 is 5.73 Å². The molecule has 11 heavy (non-hydrogen) atoms. The molecule has 0 unspecified atom stereocenters. The molecule has 0 bridgehead atoms. The molecule has 0 aromatic heterocycles. The first-order valence-corrected chi connectivity index (χ1v) is 4.82. The van der Waals surface area contributed by atoms with Gasteiger partial charge in [-0.1, -0.05) is 6.92 Å². The summed E-state index contributed by atoms with van der Waals surface area (Å²) < 4.78 is 5.45. The molecule has 2 nitrogen and oxygen atoms in total. The summed E-state index contributed by atoms with van der Waals surface area (Å²) in [5.74, 6) is 0.736. The van der Waals surface area contributed by atoms with E-state index in [1.807, 2.05) is 0 Å². The normalized spacial score (nSPS) is 16.4. The molecule has 0 rings (SSSR count). The first-order chi connectivity index (χ1) is 5.20. The van der Waals surface area contributed by atoms with Gasteiger partial charge >= 0.3 is 0 Å². The van der Waals surface area contributed by atoms with E-state index >= 15 is 0 Å². The fourth-order valence-electron chi connectivity index (χ4n) is 0.888. The average Bonchev–Trinajstić information content (AvgIpc) is 2.00. The molecule has 2 atom stereocenters. The molecule has 0 heterocycles. The molecular formula is C8H19NOS. The standard InChI is InChI=1S/C8H19NOS/c1-3-4-10-7(2)5-8(9)6-11/h7-8,11H,3-6,9H2,1-2H3/t7-,8+/m0/s1. The Balaban J connectivity index is 3.27. The summed E-state index contributed by atoms with van der Waals surface area (Å²) in [5.41, 5.74) is 5.69. The summed E-state index contributed by atoms with van der Waals surface area (Å²) in [6, 6.07) is 0.171. The maximum Gasteiger partial charge on any atom is 0.0562 e. The van der Waals surface area contributed by atoms with Gasteiger partial charge in [-0.25, -0.2) is 0 Å². The van der Waals surface area contributed by atoms with Gasteiger partial charge in [-0.3, -0.25) is 0 Å². The second-order valence-electron chi connectivity index (χ2n) is 2.86. The fourth-order valence-corrected chi connectivity index (χ4v) is 1.04. The Morgan fingerprint density at radius 1 is 1.55 bits per heavy atom. The predicted octanol–water partition coefficient (Wildman–Crippen LogP) is 1.45. The van der Waals surface area contributed by atoms with Crippen molar-refractivity contribution in [1.82, 2.24) is 0 Å². The van der Waals surface area contributed by atoms with Crippen molar-refractivity contribution in [1.29, 1.82) is 0 Å². The molecule has 0 aliphatic carbocycles. The molecule has 2 N–H and O–H groups in total. The highest BCUT2D eigenvalue weighted by atomic mass is 32.1. The van der Waals surface area contributed by atoms with E-state index in [1.54, 1.807) is 0 Å². The van der Waals surface area contributed by atoms with Gasteiger partial charge in [0, 0.05) is 18.4 Å². The Kier molecular flexibility index (Phi) is 7.12. The summed E-state index contributed by atoms with van der Waals surface area (Å²) in [6.45, 7) is 4.99. The summed E-state index contributed by atoms with van der Waals surface area (Å²) >= 11 is 4.10. The minimum absolute atomic E-state index is 0.171. The van der Waals surface area contributed by atoms with E-state index in [4.69, 9.17) is 10.5 Å². The third-order valence-electron chi connectivity index (χ3n) is 1.48. The number of hydrogen-bond acceptors (Lipinski definition) is 3. The van der Waals surface area contributed by atoms with Crippen LogP contribution in [0.15, 0.2) is 0 Å². The third kappa shape index (κ3) is 6.66. The number of thiol groups is 1. The van der Waals surface area contributed by atoms with Crippen LogP contribution in [0, 0.1) is 0 Å². The van der Waals surface area contributed by atoms with Crippen LogP contribution in [0.1, 0.15) is 26.7 Å². The summed E-state index contributed by atoms with van der Waals surface area (Å²) in [7, 11) is 0. The second-order valence-corrected chi connectivity index (χ2v) is 3.22. The molecule has 0 aliphatic rings. The Morgan fingerprint density at radius 3 is 2.64 bits per heavy atom. The first kappa shape index (κ1) is 11.3. The van der Waals surface area contributed by atoms with Gasteiger partial charge in [-0.05, 0) is 19.8 Å². The molecular weight excluding hydrogens is 158 g/mol. The molecule has 0 aliphatic heterocycles. The van der Waals surface area contributed by atoms with Crippen molar-refractivity contribution < 1.29 is 4.74 Å². The predicted molar refractivity (Wildman–Crippen MR) is 52.2 cm³/mol. The van der Waals surface area contributed by atoms with E-state index in [0.29, 0.717) is 0 Å². The maximum atomic E-state index is 5.69. The molecule has 0 radical (unpaired) electrons. The van der Waals surface area contributed by atoms with Crippen molar-refractivity contribution in [2.24, 2.45) is 5.73 Å². The highest BCUT2D eigenvalue weighted by Crippen LogP contribution is 2.02. The van der Waals surface area contributed by atoms with Crippen LogP contribution in [-0.2, 0) is 4.74 Å². The van der Waals surface area contributed by atoms with E-state index in [-0.39, 0.29) is 12.1 Å². The summed E-state index contributed by atoms with van der Waals surface area (Å²) in [6.07, 6.45) is 2.25. The van der Waals surface area contributed by atoms with Crippen molar-refractivity contribution in [2.45, 2.75) is 38.8 Å². The minimum atomic E-state index is 0.171. The van der Waals surface area contributed by atoms with E-state index < -0.39 is 0 Å². The van der Waals surface area contributed by atoms with Gasteiger partial charge in [0.25, 0.3) is 0 Å². The lowest BCUT2D eigenvalue weighted by Gasteiger charge is -2.15. The van der Waals surface area contributed by atoms with Crippen molar-refractivity contribution >= 4 is 12.6 Å². The van der Waals surface area contributed by atoms with Crippen LogP contribution in [0.25, 0.3) is 0 Å². The Bertz CT molecular complexity index is 90.2. The van der Waals surface area contributed by atoms with Crippen LogP contribution in [0.3, 0.4) is 0 Å². The number of rotatable bonds is 6. The second kappa shape index (κ2) is 6.95. The number of ether oxygens (including phenoxy) is 1. The molecule has 0 spiro atoms. The summed E-state index contributed by atoms with van der Waals surface area (Å²) in [5, 5.41) is 0. The van der Waals surface area contributed by atoms with Crippen molar-refractivity contribution in [3.8, 4) is 0 Å². The molecule has 0 aromatic carbocycles. The highest BCUT2D eigenvalue weighted by molar-refractivity contribution is 7.80. The highest BCUT2D eigenvalue weighted by Gasteiger charge is 2.06. The molecule has 0 amide bonds. The zero-order valence-electron chi connectivity index (χ0n) is 7.42. The third-order valence-corrected chi connectivity index (χ3v) is 1.94. The van der Waals surface area contributed by atoms with Gasteiger partial charge < -0.3 is 10.5 Å². The largest absolute Gasteiger partial charge is 0.378 e. The average molecular weight is 177 g/mol. The van der Waals surface area contributed by atoms with Gasteiger partial charge in [0.05, 0.1) is 6.10 Å². The van der Waals surface area contributed by atoms with Crippen molar-refractivity contribution in [3.05, 3.63) is 0 Å². The summed E-state index contributed by atoms with van der Waals surface area (Å²) in [4.78, 5) is 0. The lowest BCUT2D eigenvalue weighted by Crippen LogP contribution is -2.27. The van der Waals surface area contributed by atoms with E-state index in [0.717, 1.165) is 25.2 Å². The van der Waals surface area contributed by atoms with Gasteiger partial charge in [0.1, 0.15) is 0 Å². The van der Waals surface area contributed by atoms with Crippen molar-refractivity contribution in [3.63, 3.8) is 0 Å². The topological polar surface area (TPSA) is 35.2 Å². The quantitative estimate of drug-likeness (QED) is 0.602. The molecule has 0 saturated carbocycles. The molecule has 0 saturated heterocycles. The number of hydrogen-bond donors (Lipinski definition) is 2. The van der Waals surface area contributed by atoms with E-state index in [1.165, 1.54) is 0 Å². The first-order valence-electron chi connectivity index (χ1n) is 4.18. The van der Waals surface area contributed by atoms with E-state index in [9.17, 15) is 0 Å². The van der Waals surface area contributed by atoms with Crippen molar-refractivity contribution in [2.75, 3.05) is 12.4 Å². The molecule has 0 aromatic rings. The zero-order chi connectivity index (χ0) is 8.69. The monoisotopic (exact) mass is 177 g/mol. The van der Waals surface area contributed by atoms with Gasteiger partial charge in [0.15, 0.2) is 0 Å². The smallest absolute Gasteiger partial charge is 0.0562 e.